The number of halogens is 1. The molecule has 1 aliphatic heterocycles. The molecule has 0 spiro atoms. The highest BCUT2D eigenvalue weighted by molar-refractivity contribution is 5.90. The van der Waals surface area contributed by atoms with Crippen LogP contribution in [0.3, 0.4) is 0 Å². The molecule has 0 aromatic heterocycles. The molecule has 1 aromatic carbocycles. The number of hydrogen-bond acceptors (Lipinski definition) is 4. The molecule has 2 unspecified atom stereocenters. The Morgan fingerprint density at radius 3 is 2.69 bits per heavy atom. The molecule has 0 bridgehead atoms. The molecule has 0 radical (unpaired) electrons. The number of para-hydroxylation sites is 1. The number of urea groups is 1. The van der Waals surface area contributed by atoms with Crippen molar-refractivity contribution in [3.63, 3.8) is 0 Å². The average Bonchev–Trinajstić information content (AvgIpc) is 2.61. The number of hydrogen-bond donors (Lipinski definition) is 4. The van der Waals surface area contributed by atoms with E-state index in [1.807, 2.05) is 0 Å². The molecule has 1 aliphatic rings. The molecule has 26 heavy (non-hydrogen) atoms. The fourth-order valence-corrected chi connectivity index (χ4v) is 2.61. The Balaban J connectivity index is 1.91. The number of nitrogens with one attached hydrogen (secondary N) is 2. The van der Waals surface area contributed by atoms with Gasteiger partial charge in [-0.15, -0.1) is 0 Å². The van der Waals surface area contributed by atoms with Gasteiger partial charge in [0, 0.05) is 13.1 Å². The van der Waals surface area contributed by atoms with Crippen LogP contribution in [-0.4, -0.2) is 58.3 Å². The lowest BCUT2D eigenvalue weighted by molar-refractivity contribution is -0.156. The first kappa shape index (κ1) is 19.6. The Kier molecular flexibility index (Phi) is 6.14. The van der Waals surface area contributed by atoms with Crippen molar-refractivity contribution < 1.29 is 29.0 Å². The second kappa shape index (κ2) is 8.13. The molecule has 1 saturated heterocycles. The number of carboxylic acid groups (broad SMARTS) is 1. The van der Waals surface area contributed by atoms with Crippen molar-refractivity contribution in [3.8, 4) is 0 Å². The summed E-state index contributed by atoms with van der Waals surface area (Å²) in [6.07, 6.45) is 1.11. The standard InChI is InChI=1S/C17H22FN3O5/c1-17(26,15(23)24)10-19-14(22)11-5-4-8-21(9-11)16(25)20-13-7-3-2-6-12(13)18/h2-3,6-7,11,26H,4-5,8-10H2,1H3,(H,19,22)(H,20,25)(H,23,24). The zero-order valence-corrected chi connectivity index (χ0v) is 14.4. The van der Waals surface area contributed by atoms with Crippen LogP contribution in [0.15, 0.2) is 24.3 Å². The lowest BCUT2D eigenvalue weighted by atomic mass is 9.97. The molecule has 8 nitrogen and oxygen atoms in total. The van der Waals surface area contributed by atoms with Crippen LogP contribution < -0.4 is 10.6 Å². The quantitative estimate of drug-likeness (QED) is 0.620. The van der Waals surface area contributed by atoms with E-state index in [9.17, 15) is 23.9 Å². The summed E-state index contributed by atoms with van der Waals surface area (Å²) in [5, 5.41) is 23.4. The lowest BCUT2D eigenvalue weighted by Gasteiger charge is -2.32. The third-order valence-electron chi connectivity index (χ3n) is 4.26. The summed E-state index contributed by atoms with van der Waals surface area (Å²) in [7, 11) is 0. The predicted octanol–water partition coefficient (Wildman–Crippen LogP) is 1.02. The number of carbonyl (C=O) groups is 3. The maximum atomic E-state index is 13.6. The first-order valence-corrected chi connectivity index (χ1v) is 8.24. The smallest absolute Gasteiger partial charge is 0.337 e. The Labute approximate surface area is 150 Å². The van der Waals surface area contributed by atoms with Crippen LogP contribution >= 0.6 is 0 Å². The topological polar surface area (TPSA) is 119 Å². The van der Waals surface area contributed by atoms with E-state index in [0.717, 1.165) is 6.92 Å². The van der Waals surface area contributed by atoms with Gasteiger partial charge in [-0.05, 0) is 31.9 Å². The highest BCUT2D eigenvalue weighted by atomic mass is 19.1. The Morgan fingerprint density at radius 1 is 1.35 bits per heavy atom. The van der Waals surface area contributed by atoms with E-state index in [1.165, 1.54) is 23.1 Å². The summed E-state index contributed by atoms with van der Waals surface area (Å²) >= 11 is 0. The van der Waals surface area contributed by atoms with Gasteiger partial charge in [0.05, 0.1) is 18.2 Å². The van der Waals surface area contributed by atoms with Crippen molar-refractivity contribution in [1.82, 2.24) is 10.2 Å². The van der Waals surface area contributed by atoms with Crippen molar-refractivity contribution in [1.29, 1.82) is 0 Å². The SMILES string of the molecule is CC(O)(CNC(=O)C1CCCN(C(=O)Nc2ccccc2F)C1)C(=O)O. The van der Waals surface area contributed by atoms with Gasteiger partial charge in [0.1, 0.15) is 5.82 Å². The largest absolute Gasteiger partial charge is 0.479 e. The van der Waals surface area contributed by atoms with Gasteiger partial charge >= 0.3 is 12.0 Å². The molecule has 9 heteroatoms. The van der Waals surface area contributed by atoms with E-state index in [2.05, 4.69) is 10.6 Å². The Hall–Kier alpha value is -2.68. The second-order valence-electron chi connectivity index (χ2n) is 6.49. The van der Waals surface area contributed by atoms with Crippen molar-refractivity contribution in [3.05, 3.63) is 30.1 Å². The van der Waals surface area contributed by atoms with Crippen LogP contribution in [-0.2, 0) is 9.59 Å². The number of benzene rings is 1. The summed E-state index contributed by atoms with van der Waals surface area (Å²) in [5.74, 6) is -2.95. The van der Waals surface area contributed by atoms with E-state index in [0.29, 0.717) is 19.4 Å². The predicted molar refractivity (Wildman–Crippen MR) is 91.0 cm³/mol. The van der Waals surface area contributed by atoms with Gasteiger partial charge in [-0.25, -0.2) is 14.0 Å². The first-order chi connectivity index (χ1) is 12.2. The van der Waals surface area contributed by atoms with Crippen LogP contribution in [0, 0.1) is 11.7 Å². The minimum atomic E-state index is -2.06. The Bertz CT molecular complexity index is 695. The number of carboxylic acids is 1. The molecular weight excluding hydrogens is 345 g/mol. The molecular formula is C17H22FN3O5. The average molecular weight is 367 g/mol. The number of amides is 3. The number of piperidine rings is 1. The molecule has 1 heterocycles. The number of anilines is 1. The molecule has 0 aliphatic carbocycles. The van der Waals surface area contributed by atoms with Crippen LogP contribution in [0.2, 0.25) is 0 Å². The molecule has 1 fully saturated rings. The molecule has 4 N–H and O–H groups in total. The van der Waals surface area contributed by atoms with Gasteiger partial charge in [-0.3, -0.25) is 4.79 Å². The van der Waals surface area contributed by atoms with Gasteiger partial charge in [0.15, 0.2) is 5.60 Å². The number of nitrogens with zero attached hydrogens (tertiary/aromatic N) is 1. The molecule has 142 valence electrons. The van der Waals surface area contributed by atoms with Crippen LogP contribution in [0.25, 0.3) is 0 Å². The minimum Gasteiger partial charge on any atom is -0.479 e. The number of likely N-dealkylation sites (tertiary alicyclic amines) is 1. The van der Waals surface area contributed by atoms with Crippen LogP contribution in [0.5, 0.6) is 0 Å². The fraction of sp³-hybridized carbons (Fsp3) is 0.471. The second-order valence-corrected chi connectivity index (χ2v) is 6.49. The van der Waals surface area contributed by atoms with Gasteiger partial charge < -0.3 is 25.7 Å². The highest BCUT2D eigenvalue weighted by Crippen LogP contribution is 2.19. The van der Waals surface area contributed by atoms with Crippen LogP contribution in [0.1, 0.15) is 19.8 Å². The summed E-state index contributed by atoms with van der Waals surface area (Å²) < 4.78 is 13.6. The third kappa shape index (κ3) is 4.92. The maximum Gasteiger partial charge on any atom is 0.337 e. The van der Waals surface area contributed by atoms with E-state index in [-0.39, 0.29) is 12.2 Å². The van der Waals surface area contributed by atoms with Crippen molar-refractivity contribution in [2.45, 2.75) is 25.4 Å². The number of carbonyl (C=O) groups excluding carboxylic acids is 2. The number of rotatable bonds is 5. The lowest BCUT2D eigenvalue weighted by Crippen LogP contribution is -2.51. The van der Waals surface area contributed by atoms with Crippen molar-refractivity contribution >= 4 is 23.6 Å². The monoisotopic (exact) mass is 367 g/mol. The minimum absolute atomic E-state index is 0.0570. The van der Waals surface area contributed by atoms with Gasteiger partial charge in [-0.1, -0.05) is 12.1 Å². The van der Waals surface area contributed by atoms with E-state index >= 15 is 0 Å². The van der Waals surface area contributed by atoms with E-state index < -0.39 is 41.8 Å². The van der Waals surface area contributed by atoms with Gasteiger partial charge in [-0.2, -0.15) is 0 Å². The Morgan fingerprint density at radius 2 is 2.04 bits per heavy atom. The molecule has 2 atom stereocenters. The zero-order chi connectivity index (χ0) is 19.3. The van der Waals surface area contributed by atoms with E-state index in [1.54, 1.807) is 6.07 Å². The summed E-state index contributed by atoms with van der Waals surface area (Å²) in [6, 6.07) is 5.27. The van der Waals surface area contributed by atoms with Crippen LogP contribution in [0.4, 0.5) is 14.9 Å². The molecule has 0 saturated carbocycles. The third-order valence-corrected chi connectivity index (χ3v) is 4.26. The highest BCUT2D eigenvalue weighted by Gasteiger charge is 2.33. The summed E-state index contributed by atoms with van der Waals surface area (Å²) in [5.41, 5.74) is -2.01. The molecule has 1 aromatic rings. The zero-order valence-electron chi connectivity index (χ0n) is 14.4. The van der Waals surface area contributed by atoms with Gasteiger partial charge in [0.2, 0.25) is 5.91 Å². The van der Waals surface area contributed by atoms with Crippen molar-refractivity contribution in [2.75, 3.05) is 25.0 Å². The van der Waals surface area contributed by atoms with Crippen molar-refractivity contribution in [2.24, 2.45) is 5.92 Å². The van der Waals surface area contributed by atoms with Gasteiger partial charge in [0.25, 0.3) is 0 Å². The summed E-state index contributed by atoms with van der Waals surface area (Å²) in [4.78, 5) is 36.8. The summed E-state index contributed by atoms with van der Waals surface area (Å²) in [6.45, 7) is 1.21. The molecule has 2 rings (SSSR count). The maximum absolute atomic E-state index is 13.6. The first-order valence-electron chi connectivity index (χ1n) is 8.24. The molecule has 3 amide bonds. The van der Waals surface area contributed by atoms with E-state index in [4.69, 9.17) is 5.11 Å². The number of aliphatic carboxylic acids is 1. The fourth-order valence-electron chi connectivity index (χ4n) is 2.61. The number of aliphatic hydroxyl groups is 1. The normalized spacial score (nSPS) is 19.3.